The molecule has 3 rings (SSSR count). The van der Waals surface area contributed by atoms with E-state index in [1.54, 1.807) is 37.6 Å². The van der Waals surface area contributed by atoms with E-state index in [2.05, 4.69) is 20.6 Å². The third-order valence-corrected chi connectivity index (χ3v) is 4.25. The third kappa shape index (κ3) is 7.82. The molecule has 31 heavy (non-hydrogen) atoms. The highest BCUT2D eigenvalue weighted by Gasteiger charge is 2.09. The standard InChI is InChI=1S/C22H24F2N4O2.HI/c1-15(30-20-9-7-18(24)8-10-20)13-27-22(25-2)26-12-11-19-14-29-21(28-19)16-3-5-17(23)6-4-16;/h3-10,14-15H,11-13H2,1-2H3,(H2,25,26,27);1H. The van der Waals surface area contributed by atoms with Gasteiger partial charge in [0.25, 0.3) is 0 Å². The molecule has 3 aromatic rings. The van der Waals surface area contributed by atoms with Gasteiger partial charge in [0.15, 0.2) is 5.96 Å². The molecule has 0 saturated heterocycles. The van der Waals surface area contributed by atoms with Gasteiger partial charge in [-0.3, -0.25) is 4.99 Å². The monoisotopic (exact) mass is 542 g/mol. The number of rotatable bonds is 8. The van der Waals surface area contributed by atoms with Crippen molar-refractivity contribution in [1.29, 1.82) is 0 Å². The first kappa shape index (κ1) is 24.6. The van der Waals surface area contributed by atoms with Crippen LogP contribution in [0.3, 0.4) is 0 Å². The minimum atomic E-state index is -0.300. The van der Waals surface area contributed by atoms with Gasteiger partial charge in [0.1, 0.15) is 29.8 Å². The Morgan fingerprint density at radius 2 is 1.71 bits per heavy atom. The van der Waals surface area contributed by atoms with Crippen LogP contribution in [0.25, 0.3) is 11.5 Å². The highest BCUT2D eigenvalue weighted by molar-refractivity contribution is 14.0. The summed E-state index contributed by atoms with van der Waals surface area (Å²) in [6, 6.07) is 11.9. The maximum absolute atomic E-state index is 13.0. The van der Waals surface area contributed by atoms with E-state index in [9.17, 15) is 8.78 Å². The van der Waals surface area contributed by atoms with Gasteiger partial charge in [-0.1, -0.05) is 0 Å². The second-order valence-corrected chi connectivity index (χ2v) is 6.66. The van der Waals surface area contributed by atoms with E-state index in [1.807, 2.05) is 6.92 Å². The summed E-state index contributed by atoms with van der Waals surface area (Å²) >= 11 is 0. The second kappa shape index (κ2) is 12.2. The molecule has 1 heterocycles. The van der Waals surface area contributed by atoms with Gasteiger partial charge < -0.3 is 19.8 Å². The molecule has 0 spiro atoms. The molecule has 0 radical (unpaired) electrons. The number of benzene rings is 2. The predicted molar refractivity (Wildman–Crippen MR) is 127 cm³/mol. The molecule has 1 aromatic heterocycles. The number of aliphatic imine (C=N–C) groups is 1. The molecule has 9 heteroatoms. The number of nitrogens with zero attached hydrogens (tertiary/aromatic N) is 2. The lowest BCUT2D eigenvalue weighted by molar-refractivity contribution is 0.223. The summed E-state index contributed by atoms with van der Waals surface area (Å²) in [6.45, 7) is 3.04. The first-order valence-corrected chi connectivity index (χ1v) is 9.60. The highest BCUT2D eigenvalue weighted by Crippen LogP contribution is 2.19. The minimum absolute atomic E-state index is 0. The molecular formula is C22H25F2IN4O2. The molecule has 1 atom stereocenters. The largest absolute Gasteiger partial charge is 0.489 e. The smallest absolute Gasteiger partial charge is 0.226 e. The van der Waals surface area contributed by atoms with Gasteiger partial charge in [-0.2, -0.15) is 0 Å². The summed E-state index contributed by atoms with van der Waals surface area (Å²) in [4.78, 5) is 8.60. The molecule has 0 amide bonds. The van der Waals surface area contributed by atoms with Crippen molar-refractivity contribution in [1.82, 2.24) is 15.6 Å². The lowest BCUT2D eigenvalue weighted by atomic mass is 10.2. The van der Waals surface area contributed by atoms with Gasteiger partial charge in [0.2, 0.25) is 5.89 Å². The topological polar surface area (TPSA) is 71.7 Å². The van der Waals surface area contributed by atoms with E-state index in [0.29, 0.717) is 37.1 Å². The van der Waals surface area contributed by atoms with Gasteiger partial charge in [-0.15, -0.1) is 24.0 Å². The quantitative estimate of drug-likeness (QED) is 0.251. The third-order valence-electron chi connectivity index (χ3n) is 4.25. The summed E-state index contributed by atoms with van der Waals surface area (Å²) in [7, 11) is 1.68. The van der Waals surface area contributed by atoms with Crippen LogP contribution in [0.1, 0.15) is 12.6 Å². The fraction of sp³-hybridized carbons (Fsp3) is 0.273. The highest BCUT2D eigenvalue weighted by atomic mass is 127. The zero-order chi connectivity index (χ0) is 21.3. The van der Waals surface area contributed by atoms with E-state index in [-0.39, 0.29) is 41.7 Å². The number of aromatic nitrogens is 1. The van der Waals surface area contributed by atoms with E-state index >= 15 is 0 Å². The van der Waals surface area contributed by atoms with Crippen LogP contribution in [0.4, 0.5) is 8.78 Å². The van der Waals surface area contributed by atoms with Crippen molar-refractivity contribution in [2.24, 2.45) is 4.99 Å². The summed E-state index contributed by atoms with van der Waals surface area (Å²) in [5.74, 6) is 1.10. The van der Waals surface area contributed by atoms with Crippen molar-refractivity contribution in [2.45, 2.75) is 19.4 Å². The van der Waals surface area contributed by atoms with Crippen LogP contribution in [0.2, 0.25) is 0 Å². The molecule has 0 bridgehead atoms. The van der Waals surface area contributed by atoms with Crippen molar-refractivity contribution in [3.05, 3.63) is 72.1 Å². The van der Waals surface area contributed by atoms with Crippen molar-refractivity contribution in [3.63, 3.8) is 0 Å². The Kier molecular flexibility index (Phi) is 9.70. The van der Waals surface area contributed by atoms with Gasteiger partial charge in [0, 0.05) is 25.6 Å². The summed E-state index contributed by atoms with van der Waals surface area (Å²) in [6.07, 6.45) is 2.09. The van der Waals surface area contributed by atoms with Crippen molar-refractivity contribution < 1.29 is 17.9 Å². The van der Waals surface area contributed by atoms with Crippen molar-refractivity contribution in [3.8, 4) is 17.2 Å². The molecule has 0 aliphatic rings. The molecular weight excluding hydrogens is 517 g/mol. The number of halogens is 3. The molecule has 6 nitrogen and oxygen atoms in total. The van der Waals surface area contributed by atoms with Crippen molar-refractivity contribution >= 4 is 29.9 Å². The number of hydrogen-bond acceptors (Lipinski definition) is 4. The zero-order valence-corrected chi connectivity index (χ0v) is 19.6. The number of oxazole rings is 1. The molecule has 2 aromatic carbocycles. The van der Waals surface area contributed by atoms with Gasteiger partial charge in [-0.25, -0.2) is 13.8 Å². The number of guanidine groups is 1. The molecule has 0 saturated carbocycles. The van der Waals surface area contributed by atoms with Crippen LogP contribution in [-0.4, -0.2) is 37.2 Å². The maximum atomic E-state index is 13.0. The Hall–Kier alpha value is -2.69. The van der Waals surface area contributed by atoms with Crippen molar-refractivity contribution in [2.75, 3.05) is 20.1 Å². The maximum Gasteiger partial charge on any atom is 0.226 e. The predicted octanol–water partition coefficient (Wildman–Crippen LogP) is 4.41. The Balaban J connectivity index is 0.00000341. The Bertz CT molecular complexity index is 962. The number of ether oxygens (including phenoxy) is 1. The van der Waals surface area contributed by atoms with Gasteiger partial charge >= 0.3 is 0 Å². The summed E-state index contributed by atoms with van der Waals surface area (Å²) in [5.41, 5.74) is 1.51. The molecule has 0 fully saturated rings. The average Bonchev–Trinajstić information content (AvgIpc) is 3.21. The number of hydrogen-bond donors (Lipinski definition) is 2. The first-order chi connectivity index (χ1) is 14.5. The number of nitrogens with one attached hydrogen (secondary N) is 2. The Morgan fingerprint density at radius 1 is 1.06 bits per heavy atom. The van der Waals surface area contributed by atoms with Crippen LogP contribution in [0.15, 0.2) is 64.2 Å². The Labute approximate surface area is 197 Å². The van der Waals surface area contributed by atoms with E-state index in [4.69, 9.17) is 9.15 Å². The molecule has 2 N–H and O–H groups in total. The van der Waals surface area contributed by atoms with Crippen LogP contribution < -0.4 is 15.4 Å². The normalized spacial score (nSPS) is 12.1. The first-order valence-electron chi connectivity index (χ1n) is 9.60. The molecule has 0 aliphatic carbocycles. The van der Waals surface area contributed by atoms with Gasteiger partial charge in [-0.05, 0) is 55.5 Å². The fourth-order valence-corrected chi connectivity index (χ4v) is 2.70. The second-order valence-electron chi connectivity index (χ2n) is 6.66. The van der Waals surface area contributed by atoms with Gasteiger partial charge in [0.05, 0.1) is 12.2 Å². The average molecular weight is 542 g/mol. The molecule has 166 valence electrons. The fourth-order valence-electron chi connectivity index (χ4n) is 2.70. The SMILES string of the molecule is CN=C(NCCc1coc(-c2ccc(F)cc2)n1)NCC(C)Oc1ccc(F)cc1.I. The van der Waals surface area contributed by atoms with Crippen LogP contribution in [0, 0.1) is 11.6 Å². The summed E-state index contributed by atoms with van der Waals surface area (Å²) < 4.78 is 37.2. The lowest BCUT2D eigenvalue weighted by Gasteiger charge is -2.17. The molecule has 1 unspecified atom stereocenters. The molecule has 0 aliphatic heterocycles. The minimum Gasteiger partial charge on any atom is -0.489 e. The van der Waals surface area contributed by atoms with Crippen LogP contribution in [0.5, 0.6) is 5.75 Å². The van der Waals surface area contributed by atoms with E-state index in [0.717, 1.165) is 11.3 Å². The lowest BCUT2D eigenvalue weighted by Crippen LogP contribution is -2.42. The summed E-state index contributed by atoms with van der Waals surface area (Å²) in [5, 5.41) is 6.39. The van der Waals surface area contributed by atoms with E-state index in [1.165, 1.54) is 24.3 Å². The van der Waals surface area contributed by atoms with Crippen LogP contribution in [-0.2, 0) is 6.42 Å². The zero-order valence-electron chi connectivity index (χ0n) is 17.3. The Morgan fingerprint density at radius 3 is 2.35 bits per heavy atom. The van der Waals surface area contributed by atoms with E-state index < -0.39 is 0 Å². The van der Waals surface area contributed by atoms with Crippen LogP contribution >= 0.6 is 24.0 Å².